The molecule has 152 valence electrons. The predicted molar refractivity (Wildman–Crippen MR) is 105 cm³/mol. The fourth-order valence-corrected chi connectivity index (χ4v) is 2.21. The van der Waals surface area contributed by atoms with E-state index in [2.05, 4.69) is 10.6 Å². The van der Waals surface area contributed by atoms with E-state index in [0.29, 0.717) is 23.4 Å². The van der Waals surface area contributed by atoms with Crippen LogP contribution >= 0.6 is 0 Å². The van der Waals surface area contributed by atoms with Crippen molar-refractivity contribution in [3.8, 4) is 0 Å². The number of carbonyl (C=O) groups excluding carboxylic acids is 4. The molecule has 0 saturated heterocycles. The minimum atomic E-state index is -0.738. The lowest BCUT2D eigenvalue weighted by Gasteiger charge is -2.08. The summed E-state index contributed by atoms with van der Waals surface area (Å²) in [4.78, 5) is 47.1. The van der Waals surface area contributed by atoms with Crippen molar-refractivity contribution in [1.82, 2.24) is 5.32 Å². The van der Waals surface area contributed by atoms with Crippen LogP contribution in [0.25, 0.3) is 0 Å². The van der Waals surface area contributed by atoms with E-state index in [4.69, 9.17) is 9.47 Å². The SMILES string of the molecule is CCCOC(=O)c1ccc(NC(=O)COC(=O)CNC(=O)c2ccccc2)cc1. The summed E-state index contributed by atoms with van der Waals surface area (Å²) in [7, 11) is 0. The van der Waals surface area contributed by atoms with Gasteiger partial charge in [0.05, 0.1) is 12.2 Å². The molecule has 2 rings (SSSR count). The van der Waals surface area contributed by atoms with E-state index < -0.39 is 30.4 Å². The van der Waals surface area contributed by atoms with E-state index in [0.717, 1.165) is 6.42 Å². The fourth-order valence-electron chi connectivity index (χ4n) is 2.21. The van der Waals surface area contributed by atoms with Crippen LogP contribution in [-0.2, 0) is 19.1 Å². The Morgan fingerprint density at radius 1 is 0.862 bits per heavy atom. The van der Waals surface area contributed by atoms with E-state index in [1.54, 1.807) is 42.5 Å². The lowest BCUT2D eigenvalue weighted by molar-refractivity contribution is -0.146. The monoisotopic (exact) mass is 398 g/mol. The van der Waals surface area contributed by atoms with Crippen LogP contribution in [0, 0.1) is 0 Å². The molecule has 8 nitrogen and oxygen atoms in total. The maximum Gasteiger partial charge on any atom is 0.338 e. The minimum absolute atomic E-state index is 0.342. The van der Waals surface area contributed by atoms with Crippen LogP contribution in [0.15, 0.2) is 54.6 Å². The average Bonchev–Trinajstić information content (AvgIpc) is 2.75. The van der Waals surface area contributed by atoms with E-state index >= 15 is 0 Å². The summed E-state index contributed by atoms with van der Waals surface area (Å²) in [5, 5.41) is 4.96. The Balaban J connectivity index is 1.71. The van der Waals surface area contributed by atoms with Gasteiger partial charge in [0.15, 0.2) is 6.61 Å². The van der Waals surface area contributed by atoms with Gasteiger partial charge in [-0.3, -0.25) is 14.4 Å². The predicted octanol–water partition coefficient (Wildman–Crippen LogP) is 2.17. The molecule has 0 bridgehead atoms. The van der Waals surface area contributed by atoms with Gasteiger partial charge in [-0.2, -0.15) is 0 Å². The number of amides is 2. The molecule has 8 heteroatoms. The zero-order valence-corrected chi connectivity index (χ0v) is 16.0. The van der Waals surface area contributed by atoms with Crippen molar-refractivity contribution in [2.75, 3.05) is 25.1 Å². The third-order valence-corrected chi connectivity index (χ3v) is 3.64. The van der Waals surface area contributed by atoms with Crippen LogP contribution in [0.4, 0.5) is 5.69 Å². The summed E-state index contributed by atoms with van der Waals surface area (Å²) in [5.41, 5.74) is 1.23. The molecule has 2 N–H and O–H groups in total. The third kappa shape index (κ3) is 7.45. The smallest absolute Gasteiger partial charge is 0.338 e. The molecular formula is C21H22N2O6. The molecule has 0 aliphatic rings. The number of hydrogen-bond acceptors (Lipinski definition) is 6. The normalized spacial score (nSPS) is 9.97. The molecule has 0 aliphatic carbocycles. The molecule has 0 aliphatic heterocycles. The standard InChI is InChI=1S/C21H22N2O6/c1-2-12-28-21(27)16-8-10-17(11-9-16)23-18(24)14-29-19(25)13-22-20(26)15-6-4-3-5-7-15/h3-11H,2,12-14H2,1H3,(H,22,26)(H,23,24). The first-order valence-corrected chi connectivity index (χ1v) is 9.05. The van der Waals surface area contributed by atoms with E-state index in [1.807, 2.05) is 6.92 Å². The molecule has 0 unspecified atom stereocenters. The maximum absolute atomic E-state index is 11.9. The highest BCUT2D eigenvalue weighted by Crippen LogP contribution is 2.10. The molecule has 0 aromatic heterocycles. The Morgan fingerprint density at radius 3 is 2.21 bits per heavy atom. The minimum Gasteiger partial charge on any atom is -0.462 e. The Bertz CT molecular complexity index is 849. The molecule has 29 heavy (non-hydrogen) atoms. The topological polar surface area (TPSA) is 111 Å². The van der Waals surface area contributed by atoms with E-state index in [9.17, 15) is 19.2 Å². The molecule has 0 radical (unpaired) electrons. The van der Waals surface area contributed by atoms with E-state index in [1.165, 1.54) is 12.1 Å². The molecule has 0 heterocycles. The molecule has 2 aromatic carbocycles. The third-order valence-electron chi connectivity index (χ3n) is 3.64. The number of benzene rings is 2. The quantitative estimate of drug-likeness (QED) is 0.627. The molecule has 2 aromatic rings. The highest BCUT2D eigenvalue weighted by Gasteiger charge is 2.11. The number of ether oxygens (including phenoxy) is 2. The van der Waals surface area contributed by atoms with Crippen molar-refractivity contribution >= 4 is 29.4 Å². The number of anilines is 1. The van der Waals surface area contributed by atoms with Gasteiger partial charge < -0.3 is 20.1 Å². The van der Waals surface area contributed by atoms with Crippen LogP contribution in [0.2, 0.25) is 0 Å². The lowest BCUT2D eigenvalue weighted by atomic mass is 10.2. The van der Waals surface area contributed by atoms with Crippen LogP contribution in [-0.4, -0.2) is 43.5 Å². The van der Waals surface area contributed by atoms with Gasteiger partial charge in [-0.05, 0) is 42.8 Å². The Kier molecular flexibility index (Phi) is 8.37. The first-order chi connectivity index (χ1) is 14.0. The van der Waals surface area contributed by atoms with Gasteiger partial charge in [0.1, 0.15) is 6.54 Å². The second-order valence-corrected chi connectivity index (χ2v) is 5.97. The number of hydrogen-bond donors (Lipinski definition) is 2. The van der Waals surface area contributed by atoms with Gasteiger partial charge in [-0.1, -0.05) is 25.1 Å². The van der Waals surface area contributed by atoms with Gasteiger partial charge in [0.2, 0.25) is 0 Å². The lowest BCUT2D eigenvalue weighted by Crippen LogP contribution is -2.32. The van der Waals surface area contributed by atoms with Crippen molar-refractivity contribution in [3.63, 3.8) is 0 Å². The first-order valence-electron chi connectivity index (χ1n) is 9.05. The average molecular weight is 398 g/mol. The van der Waals surface area contributed by atoms with Gasteiger partial charge in [-0.25, -0.2) is 4.79 Å². The summed E-state index contributed by atoms with van der Waals surface area (Å²) >= 11 is 0. The van der Waals surface area contributed by atoms with Crippen molar-refractivity contribution in [2.24, 2.45) is 0 Å². The number of rotatable bonds is 9. The molecule has 0 fully saturated rings. The van der Waals surface area contributed by atoms with Crippen LogP contribution in [0.3, 0.4) is 0 Å². The second kappa shape index (κ2) is 11.2. The number of esters is 2. The van der Waals surface area contributed by atoms with Crippen molar-refractivity contribution < 1.29 is 28.7 Å². The van der Waals surface area contributed by atoms with Crippen LogP contribution in [0.1, 0.15) is 34.1 Å². The van der Waals surface area contributed by atoms with Gasteiger partial charge in [-0.15, -0.1) is 0 Å². The van der Waals surface area contributed by atoms with Gasteiger partial charge in [0, 0.05) is 11.3 Å². The summed E-state index contributed by atoms with van der Waals surface area (Å²) in [6.45, 7) is 1.39. The fraction of sp³-hybridized carbons (Fsp3) is 0.238. The molecule has 2 amide bonds. The summed E-state index contributed by atoms with van der Waals surface area (Å²) in [6.07, 6.45) is 0.731. The van der Waals surface area contributed by atoms with E-state index in [-0.39, 0.29) is 6.54 Å². The van der Waals surface area contributed by atoms with Gasteiger partial charge >= 0.3 is 11.9 Å². The first kappa shape index (κ1) is 21.6. The zero-order valence-electron chi connectivity index (χ0n) is 16.0. The Morgan fingerprint density at radius 2 is 1.55 bits per heavy atom. The maximum atomic E-state index is 11.9. The van der Waals surface area contributed by atoms with Crippen LogP contribution in [0.5, 0.6) is 0 Å². The molecule has 0 saturated carbocycles. The van der Waals surface area contributed by atoms with Crippen LogP contribution < -0.4 is 10.6 Å². The number of nitrogens with one attached hydrogen (secondary N) is 2. The molecular weight excluding hydrogens is 376 g/mol. The Hall–Kier alpha value is -3.68. The van der Waals surface area contributed by atoms with Crippen molar-refractivity contribution in [1.29, 1.82) is 0 Å². The molecule has 0 atom stereocenters. The van der Waals surface area contributed by atoms with Gasteiger partial charge in [0.25, 0.3) is 11.8 Å². The largest absolute Gasteiger partial charge is 0.462 e. The van der Waals surface area contributed by atoms with Crippen molar-refractivity contribution in [3.05, 3.63) is 65.7 Å². The Labute approximate surface area is 168 Å². The summed E-state index contributed by atoms with van der Waals surface area (Å²) in [6, 6.07) is 14.6. The van der Waals surface area contributed by atoms with Crippen molar-refractivity contribution in [2.45, 2.75) is 13.3 Å². The summed E-state index contributed by atoms with van der Waals surface area (Å²) < 4.78 is 9.85. The summed E-state index contributed by atoms with van der Waals surface area (Å²) in [5.74, 6) is -2.13. The highest BCUT2D eigenvalue weighted by molar-refractivity contribution is 5.97. The molecule has 0 spiro atoms. The zero-order chi connectivity index (χ0) is 21.1. The second-order valence-electron chi connectivity index (χ2n) is 5.97. The highest BCUT2D eigenvalue weighted by atomic mass is 16.5. The number of carbonyl (C=O) groups is 4.